The monoisotopic (exact) mass is 413 g/mol. The number of carbonyl (C=O) groups is 1. The van der Waals surface area contributed by atoms with E-state index >= 15 is 0 Å². The second kappa shape index (κ2) is 8.65. The van der Waals surface area contributed by atoms with Gasteiger partial charge in [0.2, 0.25) is 15.9 Å². The Morgan fingerprint density at radius 1 is 0.828 bits per heavy atom. The number of benzene rings is 2. The number of anilines is 1. The summed E-state index contributed by atoms with van der Waals surface area (Å²) in [6, 6.07) is 16.3. The number of likely N-dealkylation sites (tertiary alicyclic amines) is 1. The van der Waals surface area contributed by atoms with Crippen LogP contribution in [0, 0.1) is 0 Å². The van der Waals surface area contributed by atoms with Crippen molar-refractivity contribution in [3.05, 3.63) is 60.2 Å². The second-order valence-corrected chi connectivity index (χ2v) is 9.58. The summed E-state index contributed by atoms with van der Waals surface area (Å²) in [6.45, 7) is 3.39. The van der Waals surface area contributed by atoms with Crippen LogP contribution in [0.3, 0.4) is 0 Å². The van der Waals surface area contributed by atoms with Crippen LogP contribution in [0.1, 0.15) is 24.8 Å². The average Bonchev–Trinajstić information content (AvgIpc) is 2.82. The minimum absolute atomic E-state index is 0.147. The Kier molecular flexibility index (Phi) is 5.99. The molecule has 2 heterocycles. The molecule has 1 saturated heterocycles. The van der Waals surface area contributed by atoms with Gasteiger partial charge in [-0.15, -0.1) is 0 Å². The molecule has 6 nitrogen and oxygen atoms in total. The first-order valence-electron chi connectivity index (χ1n) is 10.2. The molecule has 154 valence electrons. The lowest BCUT2D eigenvalue weighted by Crippen LogP contribution is -2.43. The van der Waals surface area contributed by atoms with Crippen LogP contribution < -0.4 is 4.90 Å². The summed E-state index contributed by atoms with van der Waals surface area (Å²) < 4.78 is 28.0. The summed E-state index contributed by atoms with van der Waals surface area (Å²) in [6.07, 6.45) is 3.63. The molecule has 0 aromatic heterocycles. The number of rotatable bonds is 5. The first-order valence-corrected chi connectivity index (χ1v) is 11.7. The van der Waals surface area contributed by atoms with Crippen molar-refractivity contribution in [3.63, 3.8) is 0 Å². The van der Waals surface area contributed by atoms with E-state index in [0.29, 0.717) is 12.2 Å². The number of amides is 1. The number of piperidine rings is 1. The number of carbonyl (C=O) groups excluding carboxylic acids is 1. The van der Waals surface area contributed by atoms with Crippen LogP contribution >= 0.6 is 0 Å². The molecule has 2 aliphatic heterocycles. The van der Waals surface area contributed by atoms with Crippen molar-refractivity contribution >= 4 is 21.6 Å². The number of sulfonamides is 1. The fourth-order valence-corrected chi connectivity index (χ4v) is 5.66. The predicted molar refractivity (Wildman–Crippen MR) is 113 cm³/mol. The van der Waals surface area contributed by atoms with Gasteiger partial charge in [0, 0.05) is 19.6 Å². The normalized spacial score (nSPS) is 20.3. The molecule has 29 heavy (non-hydrogen) atoms. The Morgan fingerprint density at radius 3 is 2.28 bits per heavy atom. The molecule has 1 fully saturated rings. The number of fused-ring (bicyclic) bond motifs is 1. The predicted octanol–water partition coefficient (Wildman–Crippen LogP) is 2.71. The topological polar surface area (TPSA) is 60.9 Å². The number of nitrogens with zero attached hydrogens (tertiary/aromatic N) is 3. The molecule has 4 rings (SSSR count). The zero-order valence-electron chi connectivity index (χ0n) is 16.5. The third kappa shape index (κ3) is 4.37. The maximum Gasteiger partial charge on any atom is 0.245 e. The maximum atomic E-state index is 13.4. The van der Waals surface area contributed by atoms with Crippen LogP contribution in [-0.4, -0.2) is 56.3 Å². The molecule has 0 bridgehead atoms. The molecule has 0 unspecified atom stereocenters. The highest BCUT2D eigenvalue weighted by atomic mass is 32.2. The molecule has 0 radical (unpaired) electrons. The van der Waals surface area contributed by atoms with Crippen LogP contribution in [0.25, 0.3) is 0 Å². The van der Waals surface area contributed by atoms with Crippen LogP contribution in [-0.2, 0) is 21.4 Å². The fourth-order valence-electron chi connectivity index (χ4n) is 4.09. The lowest BCUT2D eigenvalue weighted by atomic mass is 10.1. The summed E-state index contributed by atoms with van der Waals surface area (Å²) in [5.74, 6) is -0.175. The van der Waals surface area contributed by atoms with Gasteiger partial charge in [-0.1, -0.05) is 48.9 Å². The van der Waals surface area contributed by atoms with Gasteiger partial charge in [0.25, 0.3) is 0 Å². The van der Waals surface area contributed by atoms with Crippen molar-refractivity contribution in [2.45, 2.75) is 30.7 Å². The van der Waals surface area contributed by atoms with E-state index in [4.69, 9.17) is 0 Å². The van der Waals surface area contributed by atoms with E-state index in [1.807, 2.05) is 30.3 Å². The summed E-state index contributed by atoms with van der Waals surface area (Å²) in [4.78, 5) is 17.4. The van der Waals surface area contributed by atoms with E-state index in [2.05, 4.69) is 4.90 Å². The Morgan fingerprint density at radius 2 is 1.52 bits per heavy atom. The Bertz CT molecular complexity index is 956. The number of hydrogen-bond acceptors (Lipinski definition) is 4. The SMILES string of the molecule is O=C1CN(Cc2ccccc2)S(=O)(=O)c2ccccc2N1CCN1CCCCC1. The van der Waals surface area contributed by atoms with Gasteiger partial charge < -0.3 is 9.80 Å². The van der Waals surface area contributed by atoms with Crippen LogP contribution in [0.5, 0.6) is 0 Å². The van der Waals surface area contributed by atoms with Crippen molar-refractivity contribution in [3.8, 4) is 0 Å². The second-order valence-electron chi connectivity index (χ2n) is 7.67. The minimum atomic E-state index is -3.77. The van der Waals surface area contributed by atoms with Crippen molar-refractivity contribution in [1.82, 2.24) is 9.21 Å². The van der Waals surface area contributed by atoms with E-state index in [0.717, 1.165) is 25.2 Å². The molecule has 0 saturated carbocycles. The van der Waals surface area contributed by atoms with Gasteiger partial charge >= 0.3 is 0 Å². The molecule has 2 aromatic rings. The zero-order chi connectivity index (χ0) is 20.3. The molecule has 0 spiro atoms. The Labute approximate surface area is 172 Å². The van der Waals surface area contributed by atoms with Gasteiger partial charge in [-0.05, 0) is 43.6 Å². The van der Waals surface area contributed by atoms with Gasteiger partial charge in [0.1, 0.15) is 4.90 Å². The van der Waals surface area contributed by atoms with Gasteiger partial charge in [0.05, 0.1) is 12.2 Å². The van der Waals surface area contributed by atoms with Crippen molar-refractivity contribution < 1.29 is 13.2 Å². The van der Waals surface area contributed by atoms with E-state index in [9.17, 15) is 13.2 Å². The van der Waals surface area contributed by atoms with Gasteiger partial charge in [-0.2, -0.15) is 4.31 Å². The molecule has 7 heteroatoms. The molecule has 0 aliphatic carbocycles. The Balaban J connectivity index is 1.62. The highest BCUT2D eigenvalue weighted by Gasteiger charge is 2.36. The largest absolute Gasteiger partial charge is 0.309 e. The van der Waals surface area contributed by atoms with E-state index in [1.54, 1.807) is 29.2 Å². The highest BCUT2D eigenvalue weighted by Crippen LogP contribution is 2.32. The summed E-state index contributed by atoms with van der Waals surface area (Å²) in [5, 5.41) is 0. The summed E-state index contributed by atoms with van der Waals surface area (Å²) in [5.41, 5.74) is 1.35. The number of hydrogen-bond donors (Lipinski definition) is 0. The summed E-state index contributed by atoms with van der Waals surface area (Å²) in [7, 11) is -3.77. The maximum absolute atomic E-state index is 13.4. The molecule has 1 amide bonds. The van der Waals surface area contributed by atoms with Crippen molar-refractivity contribution in [1.29, 1.82) is 0 Å². The van der Waals surface area contributed by atoms with Crippen molar-refractivity contribution in [2.75, 3.05) is 37.6 Å². The molecule has 0 N–H and O–H groups in total. The standard InChI is InChI=1S/C22H27N3O3S/c26-22-18-24(17-19-9-3-1-4-10-19)29(27,28)21-12-6-5-11-20(21)25(22)16-15-23-13-7-2-8-14-23/h1,3-6,9-12H,2,7-8,13-18H2. The van der Waals surface area contributed by atoms with Gasteiger partial charge in [-0.3, -0.25) is 4.79 Å². The van der Waals surface area contributed by atoms with Crippen molar-refractivity contribution in [2.24, 2.45) is 0 Å². The fraction of sp³-hybridized carbons (Fsp3) is 0.409. The van der Waals surface area contributed by atoms with Crippen LogP contribution in [0.4, 0.5) is 5.69 Å². The van der Waals surface area contributed by atoms with Crippen LogP contribution in [0.2, 0.25) is 0 Å². The first kappa shape index (κ1) is 20.1. The first-order chi connectivity index (χ1) is 14.1. The number of para-hydroxylation sites is 1. The third-order valence-corrected chi connectivity index (χ3v) is 7.52. The molecule has 2 aromatic carbocycles. The van der Waals surface area contributed by atoms with E-state index in [-0.39, 0.29) is 23.9 Å². The smallest absolute Gasteiger partial charge is 0.245 e. The van der Waals surface area contributed by atoms with Gasteiger partial charge in [-0.25, -0.2) is 8.42 Å². The van der Waals surface area contributed by atoms with E-state index in [1.165, 1.54) is 23.6 Å². The lowest BCUT2D eigenvalue weighted by molar-refractivity contribution is -0.118. The Hall–Kier alpha value is -2.22. The average molecular weight is 414 g/mol. The van der Waals surface area contributed by atoms with E-state index < -0.39 is 10.0 Å². The minimum Gasteiger partial charge on any atom is -0.309 e. The zero-order valence-corrected chi connectivity index (χ0v) is 17.4. The van der Waals surface area contributed by atoms with Crippen LogP contribution in [0.15, 0.2) is 59.5 Å². The quantitative estimate of drug-likeness (QED) is 0.756. The van der Waals surface area contributed by atoms with Gasteiger partial charge in [0.15, 0.2) is 0 Å². The highest BCUT2D eigenvalue weighted by molar-refractivity contribution is 7.89. The molecule has 0 atom stereocenters. The molecular formula is C22H27N3O3S. The lowest BCUT2D eigenvalue weighted by Gasteiger charge is -2.30. The third-order valence-electron chi connectivity index (χ3n) is 5.68. The molecule has 2 aliphatic rings. The molecular weight excluding hydrogens is 386 g/mol. The summed E-state index contributed by atoms with van der Waals surface area (Å²) >= 11 is 0.